The van der Waals surface area contributed by atoms with Crippen LogP contribution >= 0.6 is 11.8 Å². The Bertz CT molecular complexity index is 765. The van der Waals surface area contributed by atoms with Gasteiger partial charge in [-0.2, -0.15) is 26.3 Å². The molecule has 1 aromatic rings. The summed E-state index contributed by atoms with van der Waals surface area (Å²) in [5.41, 5.74) is -0.628. The smallest absolute Gasteiger partial charge is 0.433 e. The van der Waals surface area contributed by atoms with Gasteiger partial charge in [-0.1, -0.05) is 11.8 Å². The van der Waals surface area contributed by atoms with Crippen molar-refractivity contribution in [2.75, 3.05) is 18.1 Å². The lowest BCUT2D eigenvalue weighted by molar-refractivity contribution is -0.150. The van der Waals surface area contributed by atoms with E-state index < -0.39 is 58.4 Å². The standard InChI is InChI=1S/C14H11F7N2O2S2/c1-7-2-8(15)9(3-10(7)27(25)6-14(19,20)21)22-12-23(5-13(16,17)18)11(24)4-26-12/h2-3H,4-6H2,1H3/b22-12-/t27-/m1/s1. The number of aliphatic imine (C=N–C) groups is 1. The molecular formula is C14H11F7N2O2S2. The van der Waals surface area contributed by atoms with Crippen LogP contribution in [0.5, 0.6) is 0 Å². The van der Waals surface area contributed by atoms with E-state index >= 15 is 0 Å². The molecule has 150 valence electrons. The SMILES string of the molecule is Cc1cc(F)c(/N=C2\SCC(=O)N2CC(F)(F)F)cc1[S@+]([O-])CC(F)(F)F. The van der Waals surface area contributed by atoms with Crippen molar-refractivity contribution < 1.29 is 40.1 Å². The lowest BCUT2D eigenvalue weighted by atomic mass is 10.2. The number of rotatable bonds is 4. The molecular weight excluding hydrogens is 425 g/mol. The molecule has 0 saturated carbocycles. The first-order valence-electron chi connectivity index (χ1n) is 7.11. The van der Waals surface area contributed by atoms with Crippen molar-refractivity contribution in [1.82, 2.24) is 4.90 Å². The van der Waals surface area contributed by atoms with Crippen LogP contribution < -0.4 is 0 Å². The fourth-order valence-electron chi connectivity index (χ4n) is 2.12. The van der Waals surface area contributed by atoms with Crippen LogP contribution in [-0.2, 0) is 16.0 Å². The second-order valence-electron chi connectivity index (χ2n) is 5.45. The Morgan fingerprint density at radius 2 is 1.85 bits per heavy atom. The van der Waals surface area contributed by atoms with E-state index in [-0.39, 0.29) is 16.2 Å². The normalized spacial score (nSPS) is 18.5. The summed E-state index contributed by atoms with van der Waals surface area (Å²) < 4.78 is 101. The van der Waals surface area contributed by atoms with Crippen LogP contribution in [0.4, 0.5) is 36.4 Å². The monoisotopic (exact) mass is 436 g/mol. The molecule has 1 saturated heterocycles. The molecule has 0 unspecified atom stereocenters. The average Bonchev–Trinajstić information content (AvgIpc) is 2.79. The Balaban J connectivity index is 2.39. The molecule has 1 fully saturated rings. The zero-order valence-electron chi connectivity index (χ0n) is 13.4. The van der Waals surface area contributed by atoms with Gasteiger partial charge in [-0.3, -0.25) is 9.69 Å². The maximum atomic E-state index is 14.1. The predicted octanol–water partition coefficient (Wildman–Crippen LogP) is 3.93. The first-order chi connectivity index (χ1) is 12.3. The zero-order chi connectivity index (χ0) is 20.6. The molecule has 0 N–H and O–H groups in total. The van der Waals surface area contributed by atoms with Gasteiger partial charge in [0.25, 0.3) is 0 Å². The van der Waals surface area contributed by atoms with Gasteiger partial charge >= 0.3 is 12.4 Å². The number of hydrogen-bond donors (Lipinski definition) is 0. The summed E-state index contributed by atoms with van der Waals surface area (Å²) in [6.45, 7) is -0.384. The molecule has 1 heterocycles. The number of nitrogens with zero attached hydrogens (tertiary/aromatic N) is 2. The third-order valence-electron chi connectivity index (χ3n) is 3.19. The summed E-state index contributed by atoms with van der Waals surface area (Å²) in [6.07, 6.45) is -9.44. The van der Waals surface area contributed by atoms with Gasteiger partial charge in [0, 0.05) is 11.6 Å². The number of hydrogen-bond acceptors (Lipinski definition) is 4. The molecule has 1 amide bonds. The molecule has 0 aromatic heterocycles. The number of amides is 1. The molecule has 27 heavy (non-hydrogen) atoms. The van der Waals surface area contributed by atoms with Crippen molar-refractivity contribution in [2.45, 2.75) is 24.2 Å². The van der Waals surface area contributed by atoms with Crippen molar-refractivity contribution in [3.05, 3.63) is 23.5 Å². The van der Waals surface area contributed by atoms with E-state index in [1.165, 1.54) is 6.92 Å². The van der Waals surface area contributed by atoms with Gasteiger partial charge in [-0.15, -0.1) is 0 Å². The quantitative estimate of drug-likeness (QED) is 0.531. The maximum absolute atomic E-state index is 14.1. The van der Waals surface area contributed by atoms with E-state index in [0.717, 1.165) is 12.1 Å². The summed E-state index contributed by atoms with van der Waals surface area (Å²) in [4.78, 5) is 15.2. The number of carbonyl (C=O) groups is 1. The number of halogens is 7. The van der Waals surface area contributed by atoms with Crippen molar-refractivity contribution in [3.63, 3.8) is 0 Å². The first-order valence-corrected chi connectivity index (χ1v) is 9.41. The summed E-state index contributed by atoms with van der Waals surface area (Å²) in [7, 11) is 0. The van der Waals surface area contributed by atoms with Gasteiger partial charge in [-0.05, 0) is 24.2 Å². The number of thioether (sulfide) groups is 1. The van der Waals surface area contributed by atoms with Crippen LogP contribution in [0, 0.1) is 12.7 Å². The molecule has 1 aromatic carbocycles. The van der Waals surface area contributed by atoms with Gasteiger partial charge in [0.15, 0.2) is 10.1 Å². The molecule has 4 nitrogen and oxygen atoms in total. The fourth-order valence-corrected chi connectivity index (χ4v) is 4.13. The zero-order valence-corrected chi connectivity index (χ0v) is 15.1. The molecule has 1 atom stereocenters. The van der Waals surface area contributed by atoms with Crippen molar-refractivity contribution in [3.8, 4) is 0 Å². The Labute approximate surface area is 156 Å². The van der Waals surface area contributed by atoms with Crippen LogP contribution in [-0.4, -0.2) is 50.9 Å². The Morgan fingerprint density at radius 1 is 1.22 bits per heavy atom. The van der Waals surface area contributed by atoms with Crippen molar-refractivity contribution >= 4 is 39.7 Å². The minimum absolute atomic E-state index is 0.0265. The van der Waals surface area contributed by atoms with Crippen LogP contribution in [0.15, 0.2) is 22.0 Å². The molecule has 1 aliphatic rings. The van der Waals surface area contributed by atoms with Gasteiger partial charge in [0.1, 0.15) is 18.0 Å². The van der Waals surface area contributed by atoms with Gasteiger partial charge < -0.3 is 4.55 Å². The third kappa shape index (κ3) is 6.01. The molecule has 0 radical (unpaired) electrons. The van der Waals surface area contributed by atoms with Crippen LogP contribution in [0.3, 0.4) is 0 Å². The van der Waals surface area contributed by atoms with Crippen molar-refractivity contribution in [1.29, 1.82) is 0 Å². The Hall–Kier alpha value is -1.47. The second-order valence-corrected chi connectivity index (χ2v) is 7.81. The summed E-state index contributed by atoms with van der Waals surface area (Å²) in [5.74, 6) is -3.91. The lowest BCUT2D eigenvalue weighted by Gasteiger charge is -2.18. The van der Waals surface area contributed by atoms with Gasteiger partial charge in [-0.25, -0.2) is 9.38 Å². The van der Waals surface area contributed by atoms with Gasteiger partial charge in [0.05, 0.1) is 5.75 Å². The largest absolute Gasteiger partial charge is 0.611 e. The fraction of sp³-hybridized carbons (Fsp3) is 0.429. The van der Waals surface area contributed by atoms with E-state index in [2.05, 4.69) is 4.99 Å². The molecule has 0 spiro atoms. The van der Waals surface area contributed by atoms with Crippen LogP contribution in [0.1, 0.15) is 5.56 Å². The number of amidine groups is 1. The number of alkyl halides is 6. The minimum Gasteiger partial charge on any atom is -0.611 e. The maximum Gasteiger partial charge on any atom is 0.433 e. The molecule has 13 heteroatoms. The van der Waals surface area contributed by atoms with E-state index in [9.17, 15) is 40.1 Å². The predicted molar refractivity (Wildman–Crippen MR) is 85.8 cm³/mol. The highest BCUT2D eigenvalue weighted by Gasteiger charge is 2.39. The average molecular weight is 436 g/mol. The number of carbonyl (C=O) groups excluding carboxylic acids is 1. The molecule has 0 bridgehead atoms. The Kier molecular flexibility index (Phi) is 6.37. The second kappa shape index (κ2) is 7.87. The lowest BCUT2D eigenvalue weighted by Crippen LogP contribution is -2.38. The Morgan fingerprint density at radius 3 is 2.41 bits per heavy atom. The summed E-state index contributed by atoms with van der Waals surface area (Å²) in [5, 5.41) is -0.437. The van der Waals surface area contributed by atoms with E-state index in [1.807, 2.05) is 0 Å². The highest BCUT2D eigenvalue weighted by molar-refractivity contribution is 8.15. The molecule has 0 aliphatic carbocycles. The molecule has 1 aliphatic heterocycles. The van der Waals surface area contributed by atoms with Crippen LogP contribution in [0.25, 0.3) is 0 Å². The minimum atomic E-state index is -4.73. The number of aryl methyl sites for hydroxylation is 1. The third-order valence-corrected chi connectivity index (χ3v) is 5.68. The van der Waals surface area contributed by atoms with Crippen molar-refractivity contribution in [2.24, 2.45) is 4.99 Å². The molecule has 2 rings (SSSR count). The van der Waals surface area contributed by atoms with E-state index in [1.54, 1.807) is 0 Å². The topological polar surface area (TPSA) is 55.7 Å². The van der Waals surface area contributed by atoms with E-state index in [0.29, 0.717) is 16.7 Å². The number of benzene rings is 1. The van der Waals surface area contributed by atoms with Crippen LogP contribution in [0.2, 0.25) is 0 Å². The highest BCUT2D eigenvalue weighted by Crippen LogP contribution is 2.32. The first kappa shape index (κ1) is 21.8. The van der Waals surface area contributed by atoms with E-state index in [4.69, 9.17) is 0 Å². The van der Waals surface area contributed by atoms with Gasteiger partial charge in [0.2, 0.25) is 11.7 Å². The summed E-state index contributed by atoms with van der Waals surface area (Å²) >= 11 is -1.91. The highest BCUT2D eigenvalue weighted by atomic mass is 32.2. The summed E-state index contributed by atoms with van der Waals surface area (Å²) in [6, 6.07) is 1.58.